The van der Waals surface area contributed by atoms with Crippen molar-refractivity contribution in [1.29, 1.82) is 0 Å². The monoisotopic (exact) mass is 148 g/mol. The average Bonchev–Trinajstić information content (AvgIpc) is 1.64. The first kappa shape index (κ1) is 9.31. The Morgan fingerprint density at radius 3 is 2.00 bits per heavy atom. The first-order chi connectivity index (χ1) is 3.98. The third kappa shape index (κ3) is 3.82. The topological polar surface area (TPSA) is 20.2 Å². The Hall–Kier alpha value is 0.310. The largest absolute Gasteiger partial charge is 0.392 e. The molecule has 0 bridgehead atoms. The van der Waals surface area contributed by atoms with Crippen LogP contribution in [0.25, 0.3) is 0 Å². The molecule has 2 heteroatoms. The summed E-state index contributed by atoms with van der Waals surface area (Å²) < 4.78 is 0. The van der Waals surface area contributed by atoms with Crippen molar-refractivity contribution in [3.63, 3.8) is 0 Å². The zero-order valence-corrected chi connectivity index (χ0v) is 7.46. The lowest BCUT2D eigenvalue weighted by Crippen LogP contribution is -2.27. The molecule has 0 saturated heterocycles. The van der Waals surface area contributed by atoms with Crippen molar-refractivity contribution in [1.82, 2.24) is 0 Å². The van der Waals surface area contributed by atoms with E-state index in [9.17, 15) is 5.11 Å². The molecule has 56 valence electrons. The Bertz CT molecular complexity index is 75.5. The predicted molar refractivity (Wildman–Crippen MR) is 43.8 cm³/mol. The van der Waals surface area contributed by atoms with Crippen LogP contribution < -0.4 is 0 Å². The summed E-state index contributed by atoms with van der Waals surface area (Å²) in [6.07, 6.45) is 1.84. The van der Waals surface area contributed by atoms with Gasteiger partial charge in [-0.2, -0.15) is 11.8 Å². The first-order valence-corrected chi connectivity index (χ1v) is 4.55. The lowest BCUT2D eigenvalue weighted by atomic mass is 9.90. The molecule has 1 N–H and O–H groups in total. The van der Waals surface area contributed by atoms with E-state index in [2.05, 4.69) is 0 Å². The second kappa shape index (κ2) is 3.47. The first-order valence-electron chi connectivity index (χ1n) is 3.15. The van der Waals surface area contributed by atoms with Gasteiger partial charge in [-0.25, -0.2) is 0 Å². The standard InChI is InChI=1S/C7H16OS/c1-7(2,3)6(8)5-9-4/h6,8H,5H2,1-4H3/t6-/m0/s1. The third-order valence-corrected chi connectivity index (χ3v) is 1.97. The zero-order chi connectivity index (χ0) is 7.49. The van der Waals surface area contributed by atoms with Gasteiger partial charge in [0.1, 0.15) is 0 Å². The minimum Gasteiger partial charge on any atom is -0.392 e. The summed E-state index contributed by atoms with van der Waals surface area (Å²) in [7, 11) is 0. The van der Waals surface area contributed by atoms with E-state index < -0.39 is 0 Å². The summed E-state index contributed by atoms with van der Waals surface area (Å²) in [5, 5.41) is 9.36. The Morgan fingerprint density at radius 2 is 1.89 bits per heavy atom. The van der Waals surface area contributed by atoms with Crippen LogP contribution in [0.4, 0.5) is 0 Å². The van der Waals surface area contributed by atoms with Crippen LogP contribution in [0.15, 0.2) is 0 Å². The van der Waals surface area contributed by atoms with Crippen LogP contribution in [0, 0.1) is 5.41 Å². The summed E-state index contributed by atoms with van der Waals surface area (Å²) in [6.45, 7) is 6.15. The number of aliphatic hydroxyl groups is 1. The van der Waals surface area contributed by atoms with Gasteiger partial charge >= 0.3 is 0 Å². The Morgan fingerprint density at radius 1 is 1.44 bits per heavy atom. The van der Waals surface area contributed by atoms with Crippen LogP contribution >= 0.6 is 11.8 Å². The molecular weight excluding hydrogens is 132 g/mol. The summed E-state index contributed by atoms with van der Waals surface area (Å²) in [5.74, 6) is 0.837. The van der Waals surface area contributed by atoms with E-state index in [4.69, 9.17) is 0 Å². The van der Waals surface area contributed by atoms with E-state index in [1.54, 1.807) is 11.8 Å². The number of hydrogen-bond donors (Lipinski definition) is 1. The van der Waals surface area contributed by atoms with Gasteiger partial charge in [0.05, 0.1) is 6.10 Å². The molecule has 0 unspecified atom stereocenters. The van der Waals surface area contributed by atoms with Crippen molar-refractivity contribution in [2.45, 2.75) is 26.9 Å². The number of thioether (sulfide) groups is 1. The minimum atomic E-state index is -0.174. The SMILES string of the molecule is CSC[C@H](O)C(C)(C)C. The molecule has 0 aliphatic carbocycles. The van der Waals surface area contributed by atoms with Crippen LogP contribution in [-0.2, 0) is 0 Å². The molecule has 0 amide bonds. The van der Waals surface area contributed by atoms with Crippen LogP contribution in [0.2, 0.25) is 0 Å². The molecular formula is C7H16OS. The van der Waals surface area contributed by atoms with Gasteiger partial charge in [0, 0.05) is 5.75 Å². The van der Waals surface area contributed by atoms with Gasteiger partial charge in [-0.15, -0.1) is 0 Å². The number of aliphatic hydroxyl groups excluding tert-OH is 1. The van der Waals surface area contributed by atoms with Crippen LogP contribution in [0.5, 0.6) is 0 Å². The van der Waals surface area contributed by atoms with Gasteiger partial charge in [0.15, 0.2) is 0 Å². The molecule has 1 atom stereocenters. The fourth-order valence-corrected chi connectivity index (χ4v) is 1.22. The summed E-state index contributed by atoms with van der Waals surface area (Å²) in [5.41, 5.74) is 0.0447. The van der Waals surface area contributed by atoms with E-state index in [1.807, 2.05) is 27.0 Å². The molecule has 0 aliphatic heterocycles. The lowest BCUT2D eigenvalue weighted by molar-refractivity contribution is 0.0843. The lowest BCUT2D eigenvalue weighted by Gasteiger charge is -2.24. The van der Waals surface area contributed by atoms with Gasteiger partial charge in [0.2, 0.25) is 0 Å². The van der Waals surface area contributed by atoms with Crippen molar-refractivity contribution in [2.24, 2.45) is 5.41 Å². The summed E-state index contributed by atoms with van der Waals surface area (Å²) in [6, 6.07) is 0. The summed E-state index contributed by atoms with van der Waals surface area (Å²) >= 11 is 1.69. The molecule has 0 aromatic heterocycles. The van der Waals surface area contributed by atoms with E-state index in [-0.39, 0.29) is 11.5 Å². The fourth-order valence-electron chi connectivity index (χ4n) is 0.408. The van der Waals surface area contributed by atoms with E-state index in [1.165, 1.54) is 0 Å². The van der Waals surface area contributed by atoms with E-state index in [0.29, 0.717) is 0 Å². The van der Waals surface area contributed by atoms with Crippen molar-refractivity contribution < 1.29 is 5.11 Å². The number of hydrogen-bond acceptors (Lipinski definition) is 2. The highest BCUT2D eigenvalue weighted by Gasteiger charge is 2.20. The van der Waals surface area contributed by atoms with Crippen LogP contribution in [0.1, 0.15) is 20.8 Å². The molecule has 0 aromatic carbocycles. The highest BCUT2D eigenvalue weighted by atomic mass is 32.2. The molecule has 0 rings (SSSR count). The highest BCUT2D eigenvalue weighted by Crippen LogP contribution is 2.20. The van der Waals surface area contributed by atoms with Gasteiger partial charge in [-0.1, -0.05) is 20.8 Å². The Kier molecular flexibility index (Phi) is 3.59. The maximum Gasteiger partial charge on any atom is 0.0678 e. The fraction of sp³-hybridized carbons (Fsp3) is 1.00. The zero-order valence-electron chi connectivity index (χ0n) is 6.64. The van der Waals surface area contributed by atoms with Crippen molar-refractivity contribution in [3.05, 3.63) is 0 Å². The Labute approximate surface area is 61.8 Å². The second-order valence-electron chi connectivity index (χ2n) is 3.34. The molecule has 0 aliphatic rings. The molecule has 1 nitrogen and oxygen atoms in total. The van der Waals surface area contributed by atoms with Crippen LogP contribution in [-0.4, -0.2) is 23.2 Å². The van der Waals surface area contributed by atoms with Crippen molar-refractivity contribution >= 4 is 11.8 Å². The van der Waals surface area contributed by atoms with Gasteiger partial charge < -0.3 is 5.11 Å². The second-order valence-corrected chi connectivity index (χ2v) is 4.25. The third-order valence-electron chi connectivity index (χ3n) is 1.32. The Balaban J connectivity index is 3.59. The average molecular weight is 148 g/mol. The maximum absolute atomic E-state index is 9.36. The molecule has 0 spiro atoms. The molecule has 0 radical (unpaired) electrons. The van der Waals surface area contributed by atoms with Crippen LogP contribution in [0.3, 0.4) is 0 Å². The number of rotatable bonds is 2. The van der Waals surface area contributed by atoms with Gasteiger partial charge in [-0.3, -0.25) is 0 Å². The molecule has 0 saturated carbocycles. The molecule has 0 fully saturated rings. The van der Waals surface area contributed by atoms with Crippen molar-refractivity contribution in [2.75, 3.05) is 12.0 Å². The maximum atomic E-state index is 9.36. The summed E-state index contributed by atoms with van der Waals surface area (Å²) in [4.78, 5) is 0. The van der Waals surface area contributed by atoms with Gasteiger partial charge in [-0.05, 0) is 11.7 Å². The van der Waals surface area contributed by atoms with E-state index >= 15 is 0 Å². The molecule has 9 heavy (non-hydrogen) atoms. The predicted octanol–water partition coefficient (Wildman–Crippen LogP) is 1.76. The quantitative estimate of drug-likeness (QED) is 0.644. The molecule has 0 heterocycles. The van der Waals surface area contributed by atoms with Crippen molar-refractivity contribution in [3.8, 4) is 0 Å². The van der Waals surface area contributed by atoms with E-state index in [0.717, 1.165) is 5.75 Å². The van der Waals surface area contributed by atoms with Gasteiger partial charge in [0.25, 0.3) is 0 Å². The molecule has 0 aromatic rings. The smallest absolute Gasteiger partial charge is 0.0678 e. The normalized spacial score (nSPS) is 15.7. The minimum absolute atomic E-state index is 0.0447. The highest BCUT2D eigenvalue weighted by molar-refractivity contribution is 7.98.